The first-order valence-electron chi connectivity index (χ1n) is 8.24. The van der Waals surface area contributed by atoms with E-state index in [1.54, 1.807) is 4.57 Å². The number of nitrogens with zero attached hydrogens (tertiary/aromatic N) is 4. The monoisotopic (exact) mass is 351 g/mol. The summed E-state index contributed by atoms with van der Waals surface area (Å²) in [6.45, 7) is 2.77. The second-order valence-corrected chi connectivity index (χ2v) is 6.37. The Morgan fingerprint density at radius 3 is 2.92 bits per heavy atom. The summed E-state index contributed by atoms with van der Waals surface area (Å²) in [5, 5.41) is 20.7. The number of rotatable bonds is 4. The van der Waals surface area contributed by atoms with Crippen LogP contribution in [0.25, 0.3) is 11.2 Å². The lowest BCUT2D eigenvalue weighted by molar-refractivity contribution is -0.0897. The normalized spacial score (nSPS) is 35.6. The molecule has 0 saturated carbocycles. The minimum Gasteiger partial charge on any atom is -0.387 e. The Bertz CT molecular complexity index is 755. The summed E-state index contributed by atoms with van der Waals surface area (Å²) >= 11 is 0. The van der Waals surface area contributed by atoms with Gasteiger partial charge in [-0.3, -0.25) is 4.57 Å². The zero-order valence-corrected chi connectivity index (χ0v) is 13.7. The van der Waals surface area contributed by atoms with Crippen molar-refractivity contribution in [1.29, 1.82) is 0 Å². The van der Waals surface area contributed by atoms with Crippen LogP contribution >= 0.6 is 0 Å². The van der Waals surface area contributed by atoms with Crippen LogP contribution in [0.15, 0.2) is 12.7 Å². The van der Waals surface area contributed by atoms with Gasteiger partial charge in [0.25, 0.3) is 0 Å². The molecule has 25 heavy (non-hydrogen) atoms. The number of nitrogen functional groups attached to an aromatic ring is 1. The van der Waals surface area contributed by atoms with Crippen molar-refractivity contribution in [2.75, 3.05) is 18.9 Å². The molecule has 10 nitrogen and oxygen atoms in total. The molecule has 2 aliphatic heterocycles. The molecule has 2 fully saturated rings. The summed E-state index contributed by atoms with van der Waals surface area (Å²) in [6.07, 6.45) is -0.158. The highest BCUT2D eigenvalue weighted by atomic mass is 16.6. The van der Waals surface area contributed by atoms with Gasteiger partial charge in [0.2, 0.25) is 0 Å². The zero-order chi connectivity index (χ0) is 17.6. The maximum absolute atomic E-state index is 10.4. The Morgan fingerprint density at radius 1 is 1.32 bits per heavy atom. The molecule has 0 aromatic carbocycles. The van der Waals surface area contributed by atoms with E-state index in [0.717, 1.165) is 6.42 Å². The highest BCUT2D eigenvalue weighted by molar-refractivity contribution is 5.81. The fraction of sp³-hybridized carbons (Fsp3) is 0.667. The molecule has 4 heterocycles. The Morgan fingerprint density at radius 2 is 2.16 bits per heavy atom. The van der Waals surface area contributed by atoms with Crippen molar-refractivity contribution in [3.05, 3.63) is 12.7 Å². The minimum absolute atomic E-state index is 0.0107. The summed E-state index contributed by atoms with van der Waals surface area (Å²) in [6, 6.07) is 0. The van der Waals surface area contributed by atoms with Crippen LogP contribution in [0.1, 0.15) is 19.6 Å². The lowest BCUT2D eigenvalue weighted by Gasteiger charge is -2.20. The van der Waals surface area contributed by atoms with E-state index in [0.29, 0.717) is 17.8 Å². The van der Waals surface area contributed by atoms with E-state index in [1.807, 2.05) is 6.92 Å². The molecule has 0 amide bonds. The van der Waals surface area contributed by atoms with Crippen molar-refractivity contribution in [2.24, 2.45) is 0 Å². The number of hydrogen-bond donors (Lipinski definition) is 3. The molecule has 2 aliphatic rings. The van der Waals surface area contributed by atoms with Crippen LogP contribution in [0.2, 0.25) is 0 Å². The number of hydrogen-bond acceptors (Lipinski definition) is 9. The predicted molar refractivity (Wildman–Crippen MR) is 85.4 cm³/mol. The van der Waals surface area contributed by atoms with Crippen molar-refractivity contribution in [2.45, 2.75) is 50.1 Å². The van der Waals surface area contributed by atoms with Gasteiger partial charge in [0, 0.05) is 6.61 Å². The number of ether oxygens (including phenoxy) is 3. The molecule has 0 aliphatic carbocycles. The maximum Gasteiger partial charge on any atom is 0.167 e. The van der Waals surface area contributed by atoms with Gasteiger partial charge in [-0.2, -0.15) is 0 Å². The van der Waals surface area contributed by atoms with E-state index in [9.17, 15) is 10.2 Å². The second-order valence-electron chi connectivity index (χ2n) is 6.37. The first-order valence-corrected chi connectivity index (χ1v) is 8.24. The number of anilines is 1. The van der Waals surface area contributed by atoms with Gasteiger partial charge in [-0.15, -0.1) is 0 Å². The van der Waals surface area contributed by atoms with Crippen LogP contribution in [0.5, 0.6) is 0 Å². The van der Waals surface area contributed by atoms with E-state index in [2.05, 4.69) is 15.0 Å². The molecule has 6 atom stereocenters. The van der Waals surface area contributed by atoms with E-state index < -0.39 is 24.5 Å². The highest BCUT2D eigenvalue weighted by Gasteiger charge is 2.45. The van der Waals surface area contributed by atoms with Crippen molar-refractivity contribution in [3.8, 4) is 0 Å². The van der Waals surface area contributed by atoms with Gasteiger partial charge in [0.15, 0.2) is 17.7 Å². The highest BCUT2D eigenvalue weighted by Crippen LogP contribution is 2.32. The molecule has 2 aromatic rings. The van der Waals surface area contributed by atoms with Crippen molar-refractivity contribution in [1.82, 2.24) is 19.5 Å². The Hall–Kier alpha value is -1.85. The Labute approximate surface area is 143 Å². The van der Waals surface area contributed by atoms with Crippen molar-refractivity contribution >= 4 is 17.0 Å². The van der Waals surface area contributed by atoms with Crippen LogP contribution in [0.4, 0.5) is 5.82 Å². The second kappa shape index (κ2) is 6.46. The van der Waals surface area contributed by atoms with Gasteiger partial charge >= 0.3 is 0 Å². The molecule has 0 spiro atoms. The maximum atomic E-state index is 10.4. The molecule has 136 valence electrons. The molecular formula is C15H21N5O5. The molecule has 4 rings (SSSR count). The first kappa shape index (κ1) is 16.6. The third kappa shape index (κ3) is 2.85. The van der Waals surface area contributed by atoms with Crippen molar-refractivity contribution < 1.29 is 24.4 Å². The summed E-state index contributed by atoms with van der Waals surface area (Å²) in [5.74, 6) is 0.242. The largest absolute Gasteiger partial charge is 0.387 e. The average molecular weight is 351 g/mol. The molecule has 0 bridgehead atoms. The van der Waals surface area contributed by atoms with Crippen LogP contribution in [-0.4, -0.2) is 73.5 Å². The van der Waals surface area contributed by atoms with Gasteiger partial charge in [0.05, 0.1) is 25.1 Å². The van der Waals surface area contributed by atoms with Gasteiger partial charge in [-0.25, -0.2) is 15.0 Å². The summed E-state index contributed by atoms with van der Waals surface area (Å²) in [4.78, 5) is 12.2. The molecule has 0 radical (unpaired) electrons. The number of aliphatic hydroxyl groups is 2. The number of aromatic nitrogens is 4. The standard InChI is InChI=1S/C15H21N5O5/c1-7-8(2-3-23-7)24-4-9-11(21)12(22)15(25-9)20-6-19-10-13(16)17-5-18-14(10)20/h5-9,11-12,15,21-22H,2-4H2,1H3,(H2,16,17,18)/t7-,8+,9+,11+,12+,15+/m0/s1. The lowest BCUT2D eigenvalue weighted by atomic mass is 10.1. The van der Waals surface area contributed by atoms with Crippen LogP contribution < -0.4 is 5.73 Å². The zero-order valence-electron chi connectivity index (χ0n) is 13.7. The first-order chi connectivity index (χ1) is 12.1. The number of imidazole rings is 1. The molecule has 10 heteroatoms. The summed E-state index contributed by atoms with van der Waals surface area (Å²) in [7, 11) is 0. The van der Waals surface area contributed by atoms with Crippen LogP contribution in [0, 0.1) is 0 Å². The Balaban J connectivity index is 1.50. The number of aliphatic hydroxyl groups excluding tert-OH is 2. The summed E-state index contributed by atoms with van der Waals surface area (Å²) in [5.41, 5.74) is 6.63. The Kier molecular flexibility index (Phi) is 4.29. The fourth-order valence-corrected chi connectivity index (χ4v) is 3.30. The van der Waals surface area contributed by atoms with E-state index >= 15 is 0 Å². The van der Waals surface area contributed by atoms with Gasteiger partial charge < -0.3 is 30.2 Å². The fourth-order valence-electron chi connectivity index (χ4n) is 3.30. The number of fused-ring (bicyclic) bond motifs is 1. The van der Waals surface area contributed by atoms with Crippen LogP contribution in [0.3, 0.4) is 0 Å². The average Bonchev–Trinajstić information content (AvgIpc) is 3.27. The van der Waals surface area contributed by atoms with Crippen molar-refractivity contribution in [3.63, 3.8) is 0 Å². The molecular weight excluding hydrogens is 330 g/mol. The smallest absolute Gasteiger partial charge is 0.167 e. The molecule has 2 saturated heterocycles. The van der Waals surface area contributed by atoms with E-state index in [-0.39, 0.29) is 24.6 Å². The van der Waals surface area contributed by atoms with E-state index in [4.69, 9.17) is 19.9 Å². The minimum atomic E-state index is -1.14. The van der Waals surface area contributed by atoms with E-state index in [1.165, 1.54) is 12.7 Å². The predicted octanol–water partition coefficient (Wildman–Crippen LogP) is -0.778. The van der Waals surface area contributed by atoms with Crippen LogP contribution in [-0.2, 0) is 14.2 Å². The topological polar surface area (TPSA) is 138 Å². The third-order valence-corrected chi connectivity index (χ3v) is 4.78. The van der Waals surface area contributed by atoms with Gasteiger partial charge in [-0.05, 0) is 13.3 Å². The third-order valence-electron chi connectivity index (χ3n) is 4.78. The molecule has 4 N–H and O–H groups in total. The number of nitrogens with two attached hydrogens (primary N) is 1. The summed E-state index contributed by atoms with van der Waals surface area (Å²) < 4.78 is 18.6. The molecule has 0 unspecified atom stereocenters. The van der Waals surface area contributed by atoms with Gasteiger partial charge in [0.1, 0.15) is 30.2 Å². The molecule has 2 aromatic heterocycles. The quantitative estimate of drug-likeness (QED) is 0.647. The lowest BCUT2D eigenvalue weighted by Crippen LogP contribution is -2.35. The SMILES string of the molecule is C[C@@H]1OCC[C@H]1OC[C@H]1O[C@@H](n2cnc3c(N)ncnc32)[C@H](O)[C@@H]1O. The van der Waals surface area contributed by atoms with Gasteiger partial charge in [-0.1, -0.05) is 0 Å².